The summed E-state index contributed by atoms with van der Waals surface area (Å²) in [7, 11) is 0. The number of hydrogen-bond acceptors (Lipinski definition) is 3. The highest BCUT2D eigenvalue weighted by atomic mass is 16.2. The van der Waals surface area contributed by atoms with Crippen molar-refractivity contribution in [2.45, 2.75) is 31.2 Å². The third-order valence-electron chi connectivity index (χ3n) is 4.21. The topological polar surface area (TPSA) is 92.5 Å². The second kappa shape index (κ2) is 4.87. The molecular formula is C15H17N3O3. The summed E-state index contributed by atoms with van der Waals surface area (Å²) in [5.41, 5.74) is 6.00. The number of nitrogens with zero attached hydrogens (tertiary/aromatic N) is 1. The van der Waals surface area contributed by atoms with Gasteiger partial charge in [-0.1, -0.05) is 24.3 Å². The van der Waals surface area contributed by atoms with E-state index < -0.39 is 17.5 Å². The average molecular weight is 287 g/mol. The van der Waals surface area contributed by atoms with Gasteiger partial charge in [-0.2, -0.15) is 0 Å². The molecular weight excluding hydrogens is 270 g/mol. The van der Waals surface area contributed by atoms with Crippen LogP contribution in [0.25, 0.3) is 0 Å². The van der Waals surface area contributed by atoms with E-state index in [1.165, 1.54) is 0 Å². The molecule has 1 unspecified atom stereocenters. The van der Waals surface area contributed by atoms with Crippen molar-refractivity contribution in [1.82, 2.24) is 10.2 Å². The van der Waals surface area contributed by atoms with Crippen LogP contribution >= 0.6 is 0 Å². The third kappa shape index (κ3) is 2.07. The number of aryl methyl sites for hydroxylation is 1. The number of nitrogens with two attached hydrogens (primary N) is 1. The Morgan fingerprint density at radius 1 is 1.29 bits per heavy atom. The molecule has 3 rings (SSSR count). The van der Waals surface area contributed by atoms with Gasteiger partial charge in [0.2, 0.25) is 5.91 Å². The molecule has 6 heteroatoms. The number of carbonyl (C=O) groups is 3. The maximum absolute atomic E-state index is 12.8. The molecule has 3 N–H and O–H groups in total. The van der Waals surface area contributed by atoms with Crippen LogP contribution in [0.5, 0.6) is 0 Å². The van der Waals surface area contributed by atoms with Gasteiger partial charge in [-0.25, -0.2) is 4.79 Å². The smallest absolute Gasteiger partial charge is 0.325 e. The maximum atomic E-state index is 12.8. The van der Waals surface area contributed by atoms with E-state index in [0.717, 1.165) is 35.3 Å². The molecule has 1 aromatic carbocycles. The van der Waals surface area contributed by atoms with E-state index in [1.54, 1.807) is 0 Å². The molecule has 2 aliphatic rings. The summed E-state index contributed by atoms with van der Waals surface area (Å²) in [4.78, 5) is 36.9. The van der Waals surface area contributed by atoms with Gasteiger partial charge in [0.05, 0.1) is 0 Å². The molecule has 0 aromatic heterocycles. The minimum Gasteiger partial charge on any atom is -0.368 e. The Labute approximate surface area is 122 Å². The molecule has 1 aliphatic heterocycles. The molecule has 0 saturated carbocycles. The highest BCUT2D eigenvalue weighted by Gasteiger charge is 2.53. The van der Waals surface area contributed by atoms with Gasteiger partial charge in [-0.15, -0.1) is 0 Å². The normalized spacial score (nSPS) is 24.7. The lowest BCUT2D eigenvalue weighted by Crippen LogP contribution is -2.45. The van der Waals surface area contributed by atoms with Gasteiger partial charge < -0.3 is 11.1 Å². The van der Waals surface area contributed by atoms with Gasteiger partial charge in [0.15, 0.2) is 0 Å². The average Bonchev–Trinajstić information content (AvgIpc) is 2.62. The zero-order valence-electron chi connectivity index (χ0n) is 11.6. The predicted octanol–water partition coefficient (Wildman–Crippen LogP) is 0.645. The fourth-order valence-electron chi connectivity index (χ4n) is 3.27. The summed E-state index contributed by atoms with van der Waals surface area (Å²) in [6.45, 7) is -0.380. The van der Waals surface area contributed by atoms with Crippen LogP contribution in [0.3, 0.4) is 0 Å². The predicted molar refractivity (Wildman–Crippen MR) is 75.1 cm³/mol. The zero-order valence-corrected chi connectivity index (χ0v) is 11.6. The fraction of sp³-hybridized carbons (Fsp3) is 0.400. The molecule has 1 spiro atoms. The van der Waals surface area contributed by atoms with Crippen molar-refractivity contribution in [3.8, 4) is 0 Å². The van der Waals surface area contributed by atoms with Gasteiger partial charge in [-0.05, 0) is 36.8 Å². The number of urea groups is 1. The number of benzene rings is 1. The van der Waals surface area contributed by atoms with Crippen LogP contribution in [-0.2, 0) is 21.5 Å². The molecule has 21 heavy (non-hydrogen) atoms. The second-order valence-corrected chi connectivity index (χ2v) is 5.56. The number of amides is 4. The first kappa shape index (κ1) is 13.6. The van der Waals surface area contributed by atoms with Crippen molar-refractivity contribution in [1.29, 1.82) is 0 Å². The molecule has 1 aliphatic carbocycles. The first-order valence-electron chi connectivity index (χ1n) is 7.05. The Hall–Kier alpha value is -2.37. The monoisotopic (exact) mass is 287 g/mol. The number of primary amides is 1. The van der Waals surface area contributed by atoms with E-state index in [4.69, 9.17) is 5.73 Å². The SMILES string of the molecule is NC(=O)CN1C(=O)NC2(CCCCc3ccccc32)C1=O. The second-order valence-electron chi connectivity index (χ2n) is 5.56. The van der Waals surface area contributed by atoms with Gasteiger partial charge in [0, 0.05) is 0 Å². The van der Waals surface area contributed by atoms with E-state index in [2.05, 4.69) is 5.32 Å². The lowest BCUT2D eigenvalue weighted by molar-refractivity contribution is -0.134. The van der Waals surface area contributed by atoms with E-state index in [9.17, 15) is 14.4 Å². The highest BCUT2D eigenvalue weighted by Crippen LogP contribution is 2.38. The summed E-state index contributed by atoms with van der Waals surface area (Å²) < 4.78 is 0. The molecule has 110 valence electrons. The molecule has 0 bridgehead atoms. The molecule has 0 radical (unpaired) electrons. The van der Waals surface area contributed by atoms with Crippen LogP contribution in [0.15, 0.2) is 24.3 Å². The summed E-state index contributed by atoms with van der Waals surface area (Å²) >= 11 is 0. The summed E-state index contributed by atoms with van der Waals surface area (Å²) in [5, 5.41) is 2.80. The molecule has 6 nitrogen and oxygen atoms in total. The summed E-state index contributed by atoms with van der Waals surface area (Å²) in [6.07, 6.45) is 3.24. The molecule has 1 fully saturated rings. The van der Waals surface area contributed by atoms with Gasteiger partial charge in [-0.3, -0.25) is 14.5 Å². The minimum absolute atomic E-state index is 0.374. The van der Waals surface area contributed by atoms with E-state index >= 15 is 0 Å². The molecule has 1 aromatic rings. The zero-order chi connectivity index (χ0) is 15.0. The largest absolute Gasteiger partial charge is 0.368 e. The Balaban J connectivity index is 2.07. The van der Waals surface area contributed by atoms with E-state index in [0.29, 0.717) is 6.42 Å². The van der Waals surface area contributed by atoms with Gasteiger partial charge >= 0.3 is 6.03 Å². The van der Waals surface area contributed by atoms with E-state index in [1.807, 2.05) is 24.3 Å². The van der Waals surface area contributed by atoms with Crippen LogP contribution in [0.4, 0.5) is 4.79 Å². The number of imide groups is 1. The molecule has 4 amide bonds. The Kier molecular flexibility index (Phi) is 3.16. The van der Waals surface area contributed by atoms with Crippen molar-refractivity contribution in [2.75, 3.05) is 6.54 Å². The van der Waals surface area contributed by atoms with Gasteiger partial charge in [0.25, 0.3) is 5.91 Å². The number of nitrogens with one attached hydrogen (secondary N) is 1. The van der Waals surface area contributed by atoms with Crippen molar-refractivity contribution >= 4 is 17.8 Å². The van der Waals surface area contributed by atoms with Crippen molar-refractivity contribution < 1.29 is 14.4 Å². The van der Waals surface area contributed by atoms with Crippen LogP contribution in [0.2, 0.25) is 0 Å². The van der Waals surface area contributed by atoms with Crippen molar-refractivity contribution in [3.05, 3.63) is 35.4 Å². The van der Waals surface area contributed by atoms with Crippen molar-refractivity contribution in [2.24, 2.45) is 5.73 Å². The van der Waals surface area contributed by atoms with Crippen LogP contribution in [0, 0.1) is 0 Å². The lowest BCUT2D eigenvalue weighted by atomic mass is 9.84. The van der Waals surface area contributed by atoms with Crippen LogP contribution < -0.4 is 11.1 Å². The minimum atomic E-state index is -1.04. The Bertz CT molecular complexity index is 628. The first-order valence-corrected chi connectivity index (χ1v) is 7.05. The quantitative estimate of drug-likeness (QED) is 0.782. The first-order chi connectivity index (χ1) is 10.0. The molecule has 1 saturated heterocycles. The summed E-state index contributed by atoms with van der Waals surface area (Å²) in [5.74, 6) is -1.07. The lowest BCUT2D eigenvalue weighted by Gasteiger charge is -2.27. The van der Waals surface area contributed by atoms with Crippen LogP contribution in [-0.4, -0.2) is 29.3 Å². The molecule has 1 atom stereocenters. The number of carbonyl (C=O) groups excluding carboxylic acids is 3. The van der Waals surface area contributed by atoms with Gasteiger partial charge in [0.1, 0.15) is 12.1 Å². The number of hydrogen-bond donors (Lipinski definition) is 2. The van der Waals surface area contributed by atoms with Crippen LogP contribution in [0.1, 0.15) is 30.4 Å². The molecule has 1 heterocycles. The Morgan fingerprint density at radius 3 is 2.81 bits per heavy atom. The van der Waals surface area contributed by atoms with E-state index in [-0.39, 0.29) is 12.5 Å². The number of rotatable bonds is 2. The maximum Gasteiger partial charge on any atom is 0.325 e. The summed E-state index contributed by atoms with van der Waals surface area (Å²) in [6, 6.07) is 7.11. The standard InChI is InChI=1S/C15H17N3O3/c16-12(19)9-18-13(20)15(17-14(18)21)8-4-3-6-10-5-1-2-7-11(10)15/h1-2,5,7H,3-4,6,8-9H2,(H2,16,19)(H,17,21). The van der Waals surface area contributed by atoms with Crippen molar-refractivity contribution in [3.63, 3.8) is 0 Å². The number of fused-ring (bicyclic) bond motifs is 2. The highest BCUT2D eigenvalue weighted by molar-refractivity contribution is 6.09. The fourth-order valence-corrected chi connectivity index (χ4v) is 3.27. The third-order valence-corrected chi connectivity index (χ3v) is 4.21. The Morgan fingerprint density at radius 2 is 2.05 bits per heavy atom.